The first-order valence-corrected chi connectivity index (χ1v) is 9.27. The molecule has 26 heavy (non-hydrogen) atoms. The van der Waals surface area contributed by atoms with E-state index >= 15 is 0 Å². The second-order valence-electron chi connectivity index (χ2n) is 7.04. The summed E-state index contributed by atoms with van der Waals surface area (Å²) in [4.78, 5) is 19.5. The van der Waals surface area contributed by atoms with E-state index in [1.165, 1.54) is 17.7 Å². The quantitative estimate of drug-likeness (QED) is 0.849. The lowest BCUT2D eigenvalue weighted by atomic mass is 10.1. The first-order valence-electron chi connectivity index (χ1n) is 9.27. The van der Waals surface area contributed by atoms with E-state index < -0.39 is 0 Å². The highest BCUT2D eigenvalue weighted by atomic mass is 19.1. The van der Waals surface area contributed by atoms with E-state index in [9.17, 15) is 9.18 Å². The van der Waals surface area contributed by atoms with Crippen molar-refractivity contribution < 1.29 is 9.18 Å². The smallest absolute Gasteiger partial charge is 0.244 e. The van der Waals surface area contributed by atoms with Crippen molar-refractivity contribution in [1.29, 1.82) is 0 Å². The minimum Gasteiger partial charge on any atom is -0.369 e. The molecular formula is C21H24FN3O. The summed E-state index contributed by atoms with van der Waals surface area (Å²) in [6.07, 6.45) is 0.937. The van der Waals surface area contributed by atoms with Gasteiger partial charge in [-0.05, 0) is 49.2 Å². The van der Waals surface area contributed by atoms with Gasteiger partial charge in [0, 0.05) is 44.1 Å². The lowest BCUT2D eigenvalue weighted by Gasteiger charge is -2.39. The van der Waals surface area contributed by atoms with Gasteiger partial charge in [0.1, 0.15) is 5.82 Å². The van der Waals surface area contributed by atoms with Gasteiger partial charge in [0.15, 0.2) is 0 Å². The van der Waals surface area contributed by atoms with Crippen LogP contribution in [0.3, 0.4) is 0 Å². The van der Waals surface area contributed by atoms with Gasteiger partial charge in [-0.15, -0.1) is 0 Å². The van der Waals surface area contributed by atoms with E-state index in [4.69, 9.17) is 0 Å². The molecule has 2 aliphatic rings. The summed E-state index contributed by atoms with van der Waals surface area (Å²) < 4.78 is 13.1. The van der Waals surface area contributed by atoms with Gasteiger partial charge in [0.2, 0.25) is 5.91 Å². The number of hydrogen-bond donors (Lipinski definition) is 0. The number of carbonyl (C=O) groups is 1. The molecule has 0 radical (unpaired) electrons. The average molecular weight is 353 g/mol. The molecule has 0 spiro atoms. The summed E-state index contributed by atoms with van der Waals surface area (Å²) >= 11 is 0. The van der Waals surface area contributed by atoms with Crippen LogP contribution in [0.4, 0.5) is 15.8 Å². The topological polar surface area (TPSA) is 26.8 Å². The Labute approximate surface area is 153 Å². The van der Waals surface area contributed by atoms with E-state index in [1.54, 1.807) is 0 Å². The van der Waals surface area contributed by atoms with E-state index in [0.717, 1.165) is 50.5 Å². The van der Waals surface area contributed by atoms with Gasteiger partial charge in [-0.2, -0.15) is 0 Å². The Kier molecular flexibility index (Phi) is 4.64. The third-order valence-corrected chi connectivity index (χ3v) is 5.56. The predicted octanol–water partition coefficient (Wildman–Crippen LogP) is 2.93. The highest BCUT2D eigenvalue weighted by Gasteiger charge is 2.32. The summed E-state index contributed by atoms with van der Waals surface area (Å²) in [6, 6.07) is 14.7. The Morgan fingerprint density at radius 3 is 2.38 bits per heavy atom. The number of anilines is 2. The van der Waals surface area contributed by atoms with E-state index in [-0.39, 0.29) is 17.8 Å². The third kappa shape index (κ3) is 3.19. The molecule has 4 rings (SSSR count). The first kappa shape index (κ1) is 17.0. The van der Waals surface area contributed by atoms with Crippen LogP contribution in [-0.4, -0.2) is 49.6 Å². The van der Waals surface area contributed by atoms with Gasteiger partial charge in [0.05, 0.1) is 6.04 Å². The SMILES string of the molecule is CC(C(=O)N1CCc2ccccc21)N1CCN(c2ccc(F)cc2)CC1. The lowest BCUT2D eigenvalue weighted by Crippen LogP contribution is -2.54. The van der Waals surface area contributed by atoms with Crippen LogP contribution in [0.15, 0.2) is 48.5 Å². The van der Waals surface area contributed by atoms with Crippen LogP contribution in [0, 0.1) is 5.82 Å². The molecule has 0 saturated carbocycles. The van der Waals surface area contributed by atoms with Crippen molar-refractivity contribution in [3.05, 3.63) is 59.9 Å². The maximum Gasteiger partial charge on any atom is 0.244 e. The van der Waals surface area contributed by atoms with Crippen LogP contribution in [0.25, 0.3) is 0 Å². The van der Waals surface area contributed by atoms with Crippen molar-refractivity contribution in [3.8, 4) is 0 Å². The zero-order valence-corrected chi connectivity index (χ0v) is 15.1. The van der Waals surface area contributed by atoms with Gasteiger partial charge < -0.3 is 9.80 Å². The molecule has 4 nitrogen and oxygen atoms in total. The van der Waals surface area contributed by atoms with Crippen molar-refractivity contribution in [2.45, 2.75) is 19.4 Å². The minimum atomic E-state index is -0.211. The normalized spacial score (nSPS) is 18.7. The number of rotatable bonds is 3. The number of benzene rings is 2. The molecule has 0 N–H and O–H groups in total. The highest BCUT2D eigenvalue weighted by Crippen LogP contribution is 2.28. The molecule has 1 fully saturated rings. The fourth-order valence-electron chi connectivity index (χ4n) is 3.97. The monoisotopic (exact) mass is 353 g/mol. The molecule has 1 amide bonds. The van der Waals surface area contributed by atoms with Crippen LogP contribution in [0.5, 0.6) is 0 Å². The fourth-order valence-corrected chi connectivity index (χ4v) is 3.97. The Morgan fingerprint density at radius 2 is 1.65 bits per heavy atom. The number of hydrogen-bond acceptors (Lipinski definition) is 3. The Morgan fingerprint density at radius 1 is 0.962 bits per heavy atom. The van der Waals surface area contributed by atoms with Crippen LogP contribution < -0.4 is 9.80 Å². The molecular weight excluding hydrogens is 329 g/mol. The number of para-hydroxylation sites is 1. The van der Waals surface area contributed by atoms with E-state index in [2.05, 4.69) is 15.9 Å². The van der Waals surface area contributed by atoms with E-state index in [0.29, 0.717) is 0 Å². The molecule has 1 unspecified atom stereocenters. The predicted molar refractivity (Wildman–Crippen MR) is 102 cm³/mol. The molecule has 136 valence electrons. The number of piperazine rings is 1. The number of amides is 1. The molecule has 2 aromatic rings. The molecule has 2 aliphatic heterocycles. The Balaban J connectivity index is 1.38. The Bertz CT molecular complexity index is 784. The summed E-state index contributed by atoms with van der Waals surface area (Å²) in [5.41, 5.74) is 3.36. The summed E-state index contributed by atoms with van der Waals surface area (Å²) in [6.45, 7) is 6.15. The van der Waals surface area contributed by atoms with Gasteiger partial charge in [-0.3, -0.25) is 9.69 Å². The zero-order chi connectivity index (χ0) is 18.1. The van der Waals surface area contributed by atoms with Gasteiger partial charge in [-0.1, -0.05) is 18.2 Å². The molecule has 2 aromatic carbocycles. The maximum absolute atomic E-state index is 13.1. The van der Waals surface area contributed by atoms with E-state index in [1.807, 2.05) is 42.2 Å². The first-order chi connectivity index (χ1) is 12.6. The van der Waals surface area contributed by atoms with Crippen molar-refractivity contribution in [2.75, 3.05) is 42.5 Å². The van der Waals surface area contributed by atoms with Gasteiger partial charge >= 0.3 is 0 Å². The second kappa shape index (κ2) is 7.08. The van der Waals surface area contributed by atoms with Crippen LogP contribution in [-0.2, 0) is 11.2 Å². The van der Waals surface area contributed by atoms with Crippen LogP contribution >= 0.6 is 0 Å². The maximum atomic E-state index is 13.1. The molecule has 1 atom stereocenters. The Hall–Kier alpha value is -2.40. The molecule has 1 saturated heterocycles. The molecule has 0 aromatic heterocycles. The summed E-state index contributed by atoms with van der Waals surface area (Å²) in [5.74, 6) is -0.0253. The van der Waals surface area contributed by atoms with Crippen molar-refractivity contribution >= 4 is 17.3 Å². The highest BCUT2D eigenvalue weighted by molar-refractivity contribution is 5.98. The van der Waals surface area contributed by atoms with Crippen molar-refractivity contribution in [2.24, 2.45) is 0 Å². The van der Waals surface area contributed by atoms with Crippen LogP contribution in [0.1, 0.15) is 12.5 Å². The van der Waals surface area contributed by atoms with Crippen LogP contribution in [0.2, 0.25) is 0 Å². The third-order valence-electron chi connectivity index (χ3n) is 5.56. The number of halogens is 1. The standard InChI is InChI=1S/C21H24FN3O/c1-16(21(26)25-11-10-17-4-2-3-5-20(17)25)23-12-14-24(15-13-23)19-8-6-18(22)7-9-19/h2-9,16H,10-15H2,1H3. The number of carbonyl (C=O) groups excluding carboxylic acids is 1. The molecule has 2 heterocycles. The second-order valence-corrected chi connectivity index (χ2v) is 7.04. The minimum absolute atomic E-state index is 0.128. The largest absolute Gasteiger partial charge is 0.369 e. The molecule has 5 heteroatoms. The van der Waals surface area contributed by atoms with Gasteiger partial charge in [0.25, 0.3) is 0 Å². The molecule has 0 aliphatic carbocycles. The lowest BCUT2D eigenvalue weighted by molar-refractivity contribution is -0.123. The zero-order valence-electron chi connectivity index (χ0n) is 15.1. The molecule has 0 bridgehead atoms. The summed E-state index contributed by atoms with van der Waals surface area (Å²) in [5, 5.41) is 0. The fraction of sp³-hybridized carbons (Fsp3) is 0.381. The number of fused-ring (bicyclic) bond motifs is 1. The van der Waals surface area contributed by atoms with Crippen molar-refractivity contribution in [3.63, 3.8) is 0 Å². The van der Waals surface area contributed by atoms with Crippen molar-refractivity contribution in [1.82, 2.24) is 4.90 Å². The van der Waals surface area contributed by atoms with Gasteiger partial charge in [-0.25, -0.2) is 4.39 Å². The summed E-state index contributed by atoms with van der Waals surface area (Å²) in [7, 11) is 0. The number of nitrogens with zero attached hydrogens (tertiary/aromatic N) is 3. The average Bonchev–Trinajstić information content (AvgIpc) is 3.12.